The van der Waals surface area contributed by atoms with Gasteiger partial charge in [-0.1, -0.05) is 0 Å². The molecular formula is C10H22NO4P. The molecule has 0 amide bonds. The topological polar surface area (TPSA) is 48.0 Å². The van der Waals surface area contributed by atoms with E-state index in [0.29, 0.717) is 26.4 Å². The molecule has 5 nitrogen and oxygen atoms in total. The first-order valence-electron chi connectivity index (χ1n) is 5.84. The van der Waals surface area contributed by atoms with Crippen molar-refractivity contribution in [2.45, 2.75) is 26.6 Å². The van der Waals surface area contributed by atoms with Gasteiger partial charge in [0.15, 0.2) is 0 Å². The molecule has 1 fully saturated rings. The summed E-state index contributed by atoms with van der Waals surface area (Å²) in [5, 5.41) is 0. The van der Waals surface area contributed by atoms with Crippen LogP contribution in [-0.4, -0.2) is 50.2 Å². The summed E-state index contributed by atoms with van der Waals surface area (Å²) in [5.74, 6) is -0.198. The summed E-state index contributed by atoms with van der Waals surface area (Å²) >= 11 is 0. The molecule has 1 heterocycles. The van der Waals surface area contributed by atoms with Crippen molar-refractivity contribution in [3.05, 3.63) is 0 Å². The van der Waals surface area contributed by atoms with Crippen molar-refractivity contribution in [2.24, 2.45) is 0 Å². The Bertz CT molecular complexity index is 233. The Morgan fingerprint density at radius 2 is 1.75 bits per heavy atom. The van der Waals surface area contributed by atoms with Crippen LogP contribution in [0.1, 0.15) is 20.8 Å². The predicted molar refractivity (Wildman–Crippen MR) is 62.7 cm³/mol. The average molecular weight is 251 g/mol. The quantitative estimate of drug-likeness (QED) is 0.675. The molecule has 0 aromatic carbocycles. The fourth-order valence-electron chi connectivity index (χ4n) is 1.76. The van der Waals surface area contributed by atoms with E-state index in [1.807, 2.05) is 20.8 Å². The Balaban J connectivity index is 2.64. The number of hydrogen-bond donors (Lipinski definition) is 0. The highest BCUT2D eigenvalue weighted by molar-refractivity contribution is 7.54. The van der Waals surface area contributed by atoms with E-state index in [0.717, 1.165) is 13.1 Å². The van der Waals surface area contributed by atoms with Gasteiger partial charge < -0.3 is 13.8 Å². The van der Waals surface area contributed by atoms with Gasteiger partial charge in [0.1, 0.15) is 5.78 Å². The molecule has 0 bridgehead atoms. The van der Waals surface area contributed by atoms with E-state index in [9.17, 15) is 4.57 Å². The number of rotatable bonds is 6. The number of ether oxygens (including phenoxy) is 1. The summed E-state index contributed by atoms with van der Waals surface area (Å²) in [6.45, 7) is 9.31. The van der Waals surface area contributed by atoms with Crippen LogP contribution < -0.4 is 0 Å². The largest absolute Gasteiger partial charge is 0.379 e. The van der Waals surface area contributed by atoms with Gasteiger partial charge in [0.2, 0.25) is 0 Å². The maximum absolute atomic E-state index is 12.5. The lowest BCUT2D eigenvalue weighted by atomic mass is 10.4. The molecule has 6 heteroatoms. The van der Waals surface area contributed by atoms with Gasteiger partial charge in [-0.15, -0.1) is 0 Å². The van der Waals surface area contributed by atoms with Crippen molar-refractivity contribution in [3.8, 4) is 0 Å². The highest BCUT2D eigenvalue weighted by atomic mass is 31.2. The second-order valence-corrected chi connectivity index (χ2v) is 6.00. The third-order valence-corrected chi connectivity index (χ3v) is 5.13. The van der Waals surface area contributed by atoms with Crippen LogP contribution in [0.2, 0.25) is 0 Å². The molecule has 0 aromatic rings. The lowest BCUT2D eigenvalue weighted by Crippen LogP contribution is -2.42. The van der Waals surface area contributed by atoms with E-state index >= 15 is 0 Å². The smallest absolute Gasteiger partial charge is 0.347 e. The molecular weight excluding hydrogens is 229 g/mol. The molecule has 0 spiro atoms. The molecule has 0 N–H and O–H groups in total. The minimum Gasteiger partial charge on any atom is -0.379 e. The van der Waals surface area contributed by atoms with E-state index in [2.05, 4.69) is 4.90 Å². The van der Waals surface area contributed by atoms with Crippen LogP contribution >= 0.6 is 7.60 Å². The van der Waals surface area contributed by atoms with Crippen molar-refractivity contribution < 1.29 is 18.3 Å². The van der Waals surface area contributed by atoms with Crippen LogP contribution in [0.5, 0.6) is 0 Å². The zero-order valence-corrected chi connectivity index (χ0v) is 11.2. The van der Waals surface area contributed by atoms with Gasteiger partial charge in [-0.3, -0.25) is 9.46 Å². The lowest BCUT2D eigenvalue weighted by molar-refractivity contribution is 0.0271. The Morgan fingerprint density at radius 1 is 1.25 bits per heavy atom. The second kappa shape index (κ2) is 6.72. The molecule has 1 aliphatic heterocycles. The van der Waals surface area contributed by atoms with Gasteiger partial charge in [0, 0.05) is 13.1 Å². The molecule has 1 rings (SSSR count). The molecule has 0 aromatic heterocycles. The Kier molecular flexibility index (Phi) is 5.94. The van der Waals surface area contributed by atoms with E-state index in [1.54, 1.807) is 0 Å². The van der Waals surface area contributed by atoms with Crippen molar-refractivity contribution in [1.82, 2.24) is 4.90 Å². The Hall–Kier alpha value is 0.0700. The van der Waals surface area contributed by atoms with Gasteiger partial charge in [-0.2, -0.15) is 0 Å². The second-order valence-electron chi connectivity index (χ2n) is 3.66. The molecule has 1 saturated heterocycles. The summed E-state index contributed by atoms with van der Waals surface area (Å²) in [6.07, 6.45) is 0. The maximum atomic E-state index is 12.5. The molecule has 0 unspecified atom stereocenters. The first kappa shape index (κ1) is 14.1. The minimum absolute atomic E-state index is 0.198. The van der Waals surface area contributed by atoms with Crippen LogP contribution in [0, 0.1) is 0 Å². The molecule has 96 valence electrons. The number of hydrogen-bond acceptors (Lipinski definition) is 5. The number of nitrogens with zero attached hydrogens (tertiary/aromatic N) is 1. The molecule has 0 saturated carbocycles. The molecule has 0 aliphatic carbocycles. The summed E-state index contributed by atoms with van der Waals surface area (Å²) in [6, 6.07) is 0. The minimum atomic E-state index is -3.01. The van der Waals surface area contributed by atoms with Crippen molar-refractivity contribution in [2.75, 3.05) is 39.5 Å². The SMILES string of the molecule is CCOP(=O)(OCC)[C@@H](C)N1CCOCC1. The standard InChI is InChI=1S/C10H22NO4P/c1-4-14-16(12,15-5-2)10(3)11-6-8-13-9-7-11/h10H,4-9H2,1-3H3/t10-/m0/s1. The normalized spacial score (nSPS) is 20.9. The summed E-state index contributed by atoms with van der Waals surface area (Å²) in [5.41, 5.74) is 0. The van der Waals surface area contributed by atoms with Gasteiger partial charge in [-0.05, 0) is 20.8 Å². The van der Waals surface area contributed by atoms with Crippen LogP contribution in [0.3, 0.4) is 0 Å². The average Bonchev–Trinajstić information content (AvgIpc) is 2.30. The molecule has 0 radical (unpaired) electrons. The van der Waals surface area contributed by atoms with Crippen molar-refractivity contribution >= 4 is 7.60 Å². The monoisotopic (exact) mass is 251 g/mol. The summed E-state index contributed by atoms with van der Waals surface area (Å²) < 4.78 is 28.4. The highest BCUT2D eigenvalue weighted by Gasteiger charge is 2.36. The lowest BCUT2D eigenvalue weighted by Gasteiger charge is -2.35. The summed E-state index contributed by atoms with van der Waals surface area (Å²) in [4.78, 5) is 2.11. The van der Waals surface area contributed by atoms with Crippen LogP contribution in [0.25, 0.3) is 0 Å². The molecule has 16 heavy (non-hydrogen) atoms. The Morgan fingerprint density at radius 3 is 2.19 bits per heavy atom. The fourth-order valence-corrected chi connectivity index (χ4v) is 3.62. The van der Waals surface area contributed by atoms with Crippen molar-refractivity contribution in [3.63, 3.8) is 0 Å². The third kappa shape index (κ3) is 3.54. The summed E-state index contributed by atoms with van der Waals surface area (Å²) in [7, 11) is -3.01. The van der Waals surface area contributed by atoms with Gasteiger partial charge in [0.25, 0.3) is 0 Å². The molecule has 1 atom stereocenters. The highest BCUT2D eigenvalue weighted by Crippen LogP contribution is 2.53. The van der Waals surface area contributed by atoms with Gasteiger partial charge in [0.05, 0.1) is 26.4 Å². The first-order valence-corrected chi connectivity index (χ1v) is 7.45. The van der Waals surface area contributed by atoms with Crippen molar-refractivity contribution in [1.29, 1.82) is 0 Å². The van der Waals surface area contributed by atoms with E-state index in [-0.39, 0.29) is 5.78 Å². The van der Waals surface area contributed by atoms with E-state index in [4.69, 9.17) is 13.8 Å². The van der Waals surface area contributed by atoms with Gasteiger partial charge >= 0.3 is 7.60 Å². The zero-order chi connectivity index (χ0) is 12.0. The van der Waals surface area contributed by atoms with E-state index in [1.165, 1.54) is 0 Å². The van der Waals surface area contributed by atoms with Crippen LogP contribution in [0.15, 0.2) is 0 Å². The van der Waals surface area contributed by atoms with E-state index < -0.39 is 7.60 Å². The van der Waals surface area contributed by atoms with Crippen LogP contribution in [-0.2, 0) is 18.3 Å². The first-order chi connectivity index (χ1) is 7.64. The Labute approximate surface area is 97.6 Å². The molecule has 1 aliphatic rings. The number of morpholine rings is 1. The predicted octanol–water partition coefficient (Wildman–Crippen LogP) is 1.93. The zero-order valence-electron chi connectivity index (χ0n) is 10.3. The maximum Gasteiger partial charge on any atom is 0.347 e. The van der Waals surface area contributed by atoms with Crippen LogP contribution in [0.4, 0.5) is 0 Å². The fraction of sp³-hybridized carbons (Fsp3) is 1.00. The third-order valence-electron chi connectivity index (χ3n) is 2.65. The van der Waals surface area contributed by atoms with Gasteiger partial charge in [-0.25, -0.2) is 0 Å².